The first-order chi connectivity index (χ1) is 7.82. The van der Waals surface area contributed by atoms with Gasteiger partial charge in [-0.25, -0.2) is 9.86 Å². The molecule has 0 unspecified atom stereocenters. The monoisotopic (exact) mass is 235 g/mol. The summed E-state index contributed by atoms with van der Waals surface area (Å²) < 4.78 is 0. The highest BCUT2D eigenvalue weighted by molar-refractivity contribution is 5.73. The average Bonchev–Trinajstić information content (AvgIpc) is 2.25. The second kappa shape index (κ2) is 5.21. The van der Waals surface area contributed by atoms with Crippen molar-refractivity contribution in [2.24, 2.45) is 5.92 Å². The number of carbonyl (C=O) groups is 1. The second-order valence-electron chi connectivity index (χ2n) is 5.37. The summed E-state index contributed by atoms with van der Waals surface area (Å²) in [4.78, 5) is 17.2. The fourth-order valence-electron chi connectivity index (χ4n) is 1.34. The van der Waals surface area contributed by atoms with Crippen molar-refractivity contribution >= 4 is 11.7 Å². The molecule has 1 aromatic carbocycles. The Bertz CT molecular complexity index is 366. The van der Waals surface area contributed by atoms with Crippen LogP contribution in [0.5, 0.6) is 0 Å². The minimum atomic E-state index is -0.272. The van der Waals surface area contributed by atoms with E-state index in [1.165, 1.54) is 0 Å². The molecule has 1 rings (SSSR count). The summed E-state index contributed by atoms with van der Waals surface area (Å²) in [6, 6.07) is 9.65. The van der Waals surface area contributed by atoms with Crippen LogP contribution in [0.15, 0.2) is 30.3 Å². The molecule has 0 radical (unpaired) electrons. The summed E-state index contributed by atoms with van der Waals surface area (Å²) in [7, 11) is 0. The van der Waals surface area contributed by atoms with Gasteiger partial charge in [0.25, 0.3) is 0 Å². The number of anilines is 1. The number of benzene rings is 1. The molecule has 0 bridgehead atoms. The predicted octanol–water partition coefficient (Wildman–Crippen LogP) is 3.41. The molecule has 0 fully saturated rings. The molecule has 0 heterocycles. The Balaban J connectivity index is 2.95. The lowest BCUT2D eigenvalue weighted by atomic mass is 10.1. The van der Waals surface area contributed by atoms with Crippen molar-refractivity contribution in [3.63, 3.8) is 0 Å². The molecule has 1 aromatic rings. The van der Waals surface area contributed by atoms with Gasteiger partial charge in [0.1, 0.15) is 0 Å². The van der Waals surface area contributed by atoms with Crippen molar-refractivity contribution in [3.8, 4) is 0 Å². The summed E-state index contributed by atoms with van der Waals surface area (Å²) in [5, 5.41) is 1.66. The molecule has 0 atom stereocenters. The first kappa shape index (κ1) is 13.6. The summed E-state index contributed by atoms with van der Waals surface area (Å²) in [5.74, 6) is -0.354. The molecular weight excluding hydrogens is 214 g/mol. The maximum Gasteiger partial charge on any atom is 0.334 e. The third kappa shape index (κ3) is 3.77. The lowest BCUT2D eigenvalue weighted by Gasteiger charge is -2.35. The molecule has 0 aliphatic heterocycles. The Morgan fingerprint density at radius 2 is 1.71 bits per heavy atom. The molecule has 94 valence electrons. The highest BCUT2D eigenvalue weighted by atomic mass is 16.7. The van der Waals surface area contributed by atoms with E-state index in [1.807, 2.05) is 65.0 Å². The van der Waals surface area contributed by atoms with Gasteiger partial charge < -0.3 is 4.84 Å². The summed E-state index contributed by atoms with van der Waals surface area (Å²) >= 11 is 0. The van der Waals surface area contributed by atoms with E-state index in [9.17, 15) is 4.79 Å². The van der Waals surface area contributed by atoms with Crippen LogP contribution >= 0.6 is 0 Å². The van der Waals surface area contributed by atoms with Gasteiger partial charge in [-0.05, 0) is 32.9 Å². The molecule has 3 heteroatoms. The minimum absolute atomic E-state index is 0.136. The Kier molecular flexibility index (Phi) is 4.16. The Labute approximate surface area is 103 Å². The van der Waals surface area contributed by atoms with Crippen molar-refractivity contribution in [1.82, 2.24) is 0 Å². The molecule has 0 N–H and O–H groups in total. The molecule has 0 aliphatic carbocycles. The third-order valence-electron chi connectivity index (χ3n) is 2.25. The largest absolute Gasteiger partial charge is 0.340 e. The van der Waals surface area contributed by atoms with Crippen LogP contribution in [0.3, 0.4) is 0 Å². The summed E-state index contributed by atoms with van der Waals surface area (Å²) in [5.41, 5.74) is 0.611. The number of nitrogens with zero attached hydrogens (tertiary/aromatic N) is 1. The number of para-hydroxylation sites is 1. The van der Waals surface area contributed by atoms with Crippen LogP contribution in [0.1, 0.15) is 34.6 Å². The van der Waals surface area contributed by atoms with Gasteiger partial charge in [-0.3, -0.25) is 0 Å². The fraction of sp³-hybridized carbons (Fsp3) is 0.500. The normalized spacial score (nSPS) is 11.4. The number of hydrogen-bond acceptors (Lipinski definition) is 3. The zero-order valence-corrected chi connectivity index (χ0v) is 11.2. The van der Waals surface area contributed by atoms with Crippen molar-refractivity contribution in [2.75, 3.05) is 5.06 Å². The highest BCUT2D eigenvalue weighted by Crippen LogP contribution is 2.24. The lowest BCUT2D eigenvalue weighted by molar-refractivity contribution is -0.151. The first-order valence-corrected chi connectivity index (χ1v) is 5.89. The molecule has 0 saturated carbocycles. The van der Waals surface area contributed by atoms with Crippen molar-refractivity contribution in [1.29, 1.82) is 0 Å². The van der Waals surface area contributed by atoms with Crippen LogP contribution in [0.4, 0.5) is 5.69 Å². The van der Waals surface area contributed by atoms with Crippen LogP contribution in [-0.4, -0.2) is 11.5 Å². The maximum absolute atomic E-state index is 11.7. The standard InChI is InChI=1S/C14H21NO2/c1-11(2)13(16)17-15(14(3,4)5)12-9-7-6-8-10-12/h6-11H,1-5H3. The van der Waals surface area contributed by atoms with Gasteiger partial charge >= 0.3 is 5.97 Å². The molecule has 17 heavy (non-hydrogen) atoms. The topological polar surface area (TPSA) is 29.5 Å². The predicted molar refractivity (Wildman–Crippen MR) is 69.6 cm³/mol. The van der Waals surface area contributed by atoms with Crippen LogP contribution < -0.4 is 5.06 Å². The first-order valence-electron chi connectivity index (χ1n) is 5.89. The van der Waals surface area contributed by atoms with Gasteiger partial charge in [-0.15, -0.1) is 0 Å². The zero-order valence-electron chi connectivity index (χ0n) is 11.2. The summed E-state index contributed by atoms with van der Waals surface area (Å²) in [6.45, 7) is 9.68. The van der Waals surface area contributed by atoms with E-state index < -0.39 is 0 Å². The highest BCUT2D eigenvalue weighted by Gasteiger charge is 2.26. The molecule has 0 saturated heterocycles. The van der Waals surface area contributed by atoms with Crippen LogP contribution in [0.25, 0.3) is 0 Å². The number of hydroxylamine groups is 1. The van der Waals surface area contributed by atoms with Gasteiger partial charge in [-0.1, -0.05) is 32.0 Å². The lowest BCUT2D eigenvalue weighted by Crippen LogP contribution is -2.43. The van der Waals surface area contributed by atoms with Crippen LogP contribution in [-0.2, 0) is 9.63 Å². The van der Waals surface area contributed by atoms with Crippen molar-refractivity contribution < 1.29 is 9.63 Å². The van der Waals surface area contributed by atoms with Gasteiger partial charge in [-0.2, -0.15) is 0 Å². The van der Waals surface area contributed by atoms with Gasteiger partial charge in [0, 0.05) is 0 Å². The van der Waals surface area contributed by atoms with E-state index in [-0.39, 0.29) is 17.4 Å². The van der Waals surface area contributed by atoms with Crippen LogP contribution in [0.2, 0.25) is 0 Å². The number of rotatable bonds is 3. The Morgan fingerprint density at radius 3 is 2.12 bits per heavy atom. The third-order valence-corrected chi connectivity index (χ3v) is 2.25. The van der Waals surface area contributed by atoms with Gasteiger partial charge in [0.15, 0.2) is 0 Å². The Hall–Kier alpha value is -1.51. The fourth-order valence-corrected chi connectivity index (χ4v) is 1.34. The molecule has 3 nitrogen and oxygen atoms in total. The van der Waals surface area contributed by atoms with E-state index >= 15 is 0 Å². The smallest absolute Gasteiger partial charge is 0.334 e. The van der Waals surface area contributed by atoms with Crippen molar-refractivity contribution in [3.05, 3.63) is 30.3 Å². The Morgan fingerprint density at radius 1 is 1.18 bits per heavy atom. The number of hydrogen-bond donors (Lipinski definition) is 0. The van der Waals surface area contributed by atoms with Crippen LogP contribution in [0, 0.1) is 5.92 Å². The zero-order chi connectivity index (χ0) is 13.1. The second-order valence-corrected chi connectivity index (χ2v) is 5.37. The SMILES string of the molecule is CC(C)C(=O)ON(c1ccccc1)C(C)(C)C. The number of carbonyl (C=O) groups excluding carboxylic acids is 1. The maximum atomic E-state index is 11.7. The van der Waals surface area contributed by atoms with E-state index in [1.54, 1.807) is 5.06 Å². The van der Waals surface area contributed by atoms with E-state index in [0.29, 0.717) is 0 Å². The van der Waals surface area contributed by atoms with E-state index in [2.05, 4.69) is 0 Å². The summed E-state index contributed by atoms with van der Waals surface area (Å²) in [6.07, 6.45) is 0. The molecule has 0 aliphatic rings. The average molecular weight is 235 g/mol. The molecule has 0 aromatic heterocycles. The van der Waals surface area contributed by atoms with Crippen molar-refractivity contribution in [2.45, 2.75) is 40.2 Å². The molecule has 0 amide bonds. The molecular formula is C14H21NO2. The van der Waals surface area contributed by atoms with Gasteiger partial charge in [0.05, 0.1) is 17.1 Å². The van der Waals surface area contributed by atoms with E-state index in [0.717, 1.165) is 5.69 Å². The quantitative estimate of drug-likeness (QED) is 0.752. The van der Waals surface area contributed by atoms with Gasteiger partial charge in [0.2, 0.25) is 0 Å². The minimum Gasteiger partial charge on any atom is -0.340 e. The molecule has 0 spiro atoms. The van der Waals surface area contributed by atoms with E-state index in [4.69, 9.17) is 4.84 Å².